The summed E-state index contributed by atoms with van der Waals surface area (Å²) in [5, 5.41) is 1.71. The molecule has 0 aromatic heterocycles. The van der Waals surface area contributed by atoms with E-state index < -0.39 is 7.80 Å². The van der Waals surface area contributed by atoms with Crippen molar-refractivity contribution in [2.45, 2.75) is 26.4 Å². The topological polar surface area (TPSA) is 26.3 Å². The highest BCUT2D eigenvalue weighted by molar-refractivity contribution is 7.61. The summed E-state index contributed by atoms with van der Waals surface area (Å²) < 4.78 is 18.3. The van der Waals surface area contributed by atoms with E-state index in [1.165, 1.54) is 0 Å². The molecule has 2 nitrogen and oxygen atoms in total. The van der Waals surface area contributed by atoms with E-state index >= 15 is 0 Å². The Labute approximate surface area is 115 Å². The molecule has 0 saturated carbocycles. The molecule has 0 spiro atoms. The Bertz CT molecular complexity index is 571. The molecule has 1 atom stereocenters. The van der Waals surface area contributed by atoms with Crippen LogP contribution in [-0.2, 0) is 4.57 Å². The molecule has 100 valence electrons. The molecule has 0 fully saturated rings. The number of ether oxygens (including phenoxy) is 1. The largest absolute Gasteiger partial charge is 0.488 e. The average Bonchev–Trinajstić information content (AvgIpc) is 2.37. The van der Waals surface area contributed by atoms with Gasteiger partial charge in [-0.2, -0.15) is 0 Å². The number of benzene rings is 2. The van der Waals surface area contributed by atoms with E-state index in [1.807, 2.05) is 75.4 Å². The maximum absolute atomic E-state index is 12.5. The first-order chi connectivity index (χ1) is 8.96. The molecule has 1 unspecified atom stereocenters. The highest BCUT2D eigenvalue weighted by atomic mass is 31.1. The van der Waals surface area contributed by atoms with Crippen molar-refractivity contribution >= 4 is 18.4 Å². The van der Waals surface area contributed by atoms with Crippen LogP contribution in [-0.4, -0.2) is 5.60 Å². The predicted octanol–water partition coefficient (Wildman–Crippen LogP) is 3.37. The van der Waals surface area contributed by atoms with Gasteiger partial charge in [0.1, 0.15) is 19.2 Å². The summed E-state index contributed by atoms with van der Waals surface area (Å²) in [7, 11) is -1.95. The standard InChI is InChI=1S/C16H19O2P/c1-16(2,3)18-13-8-7-11-15(12-13)19(17)14-9-5-4-6-10-14/h4-12,19H,1-3H3. The highest BCUT2D eigenvalue weighted by Crippen LogP contribution is 2.23. The van der Waals surface area contributed by atoms with Crippen LogP contribution in [0, 0.1) is 0 Å². The SMILES string of the molecule is CC(C)(C)Oc1cccc([PH](=O)c2ccccc2)c1. The van der Waals surface area contributed by atoms with Crippen LogP contribution < -0.4 is 15.3 Å². The van der Waals surface area contributed by atoms with E-state index in [-0.39, 0.29) is 5.60 Å². The maximum Gasteiger partial charge on any atom is 0.131 e. The van der Waals surface area contributed by atoms with Crippen LogP contribution in [0.4, 0.5) is 0 Å². The van der Waals surface area contributed by atoms with Crippen molar-refractivity contribution in [1.29, 1.82) is 0 Å². The third kappa shape index (κ3) is 3.97. The van der Waals surface area contributed by atoms with Crippen molar-refractivity contribution in [3.63, 3.8) is 0 Å². The molecule has 0 saturated heterocycles. The van der Waals surface area contributed by atoms with E-state index in [2.05, 4.69) is 0 Å². The minimum absolute atomic E-state index is 0.249. The second-order valence-electron chi connectivity index (χ2n) is 5.44. The molecule has 0 radical (unpaired) electrons. The van der Waals surface area contributed by atoms with Crippen LogP contribution in [0.3, 0.4) is 0 Å². The Morgan fingerprint density at radius 2 is 1.53 bits per heavy atom. The van der Waals surface area contributed by atoms with Crippen molar-refractivity contribution in [2.24, 2.45) is 0 Å². The third-order valence-corrected chi connectivity index (χ3v) is 4.25. The molecule has 0 amide bonds. The molecule has 19 heavy (non-hydrogen) atoms. The van der Waals surface area contributed by atoms with Gasteiger partial charge in [0.25, 0.3) is 0 Å². The lowest BCUT2D eigenvalue weighted by molar-refractivity contribution is 0.131. The van der Waals surface area contributed by atoms with Gasteiger partial charge in [-0.15, -0.1) is 0 Å². The first kappa shape index (κ1) is 13.9. The van der Waals surface area contributed by atoms with Crippen molar-refractivity contribution in [3.8, 4) is 5.75 Å². The van der Waals surface area contributed by atoms with Crippen LogP contribution in [0.2, 0.25) is 0 Å². The fourth-order valence-corrected chi connectivity index (χ4v) is 3.16. The number of rotatable bonds is 3. The second kappa shape index (κ2) is 5.63. The van der Waals surface area contributed by atoms with Gasteiger partial charge >= 0.3 is 0 Å². The molecule has 2 aromatic rings. The predicted molar refractivity (Wildman–Crippen MR) is 81.5 cm³/mol. The quantitative estimate of drug-likeness (QED) is 0.802. The summed E-state index contributed by atoms with van der Waals surface area (Å²) in [4.78, 5) is 0. The third-order valence-electron chi connectivity index (χ3n) is 2.56. The summed E-state index contributed by atoms with van der Waals surface area (Å²) in [6.07, 6.45) is 0. The smallest absolute Gasteiger partial charge is 0.131 e. The second-order valence-corrected chi connectivity index (χ2v) is 7.25. The van der Waals surface area contributed by atoms with E-state index in [4.69, 9.17) is 4.74 Å². The average molecular weight is 274 g/mol. The zero-order valence-electron chi connectivity index (χ0n) is 11.5. The Morgan fingerprint density at radius 3 is 2.16 bits per heavy atom. The number of hydrogen-bond donors (Lipinski definition) is 0. The van der Waals surface area contributed by atoms with Gasteiger partial charge in [-0.1, -0.05) is 42.5 Å². The Balaban J connectivity index is 2.27. The van der Waals surface area contributed by atoms with Gasteiger partial charge in [0.05, 0.1) is 0 Å². The Hall–Kier alpha value is -1.53. The Kier molecular flexibility index (Phi) is 4.11. The lowest BCUT2D eigenvalue weighted by Gasteiger charge is -2.21. The number of hydrogen-bond acceptors (Lipinski definition) is 2. The molecule has 0 heterocycles. The molecule has 0 aliphatic heterocycles. The van der Waals surface area contributed by atoms with Crippen molar-refractivity contribution in [3.05, 3.63) is 54.6 Å². The van der Waals surface area contributed by atoms with Gasteiger partial charge in [-0.05, 0) is 32.9 Å². The lowest BCUT2D eigenvalue weighted by atomic mass is 10.2. The zero-order chi connectivity index (χ0) is 13.9. The van der Waals surface area contributed by atoms with Crippen LogP contribution in [0.5, 0.6) is 5.75 Å². The summed E-state index contributed by atoms with van der Waals surface area (Å²) in [6.45, 7) is 6.00. The van der Waals surface area contributed by atoms with E-state index in [0.29, 0.717) is 0 Å². The molecule has 0 aliphatic rings. The van der Waals surface area contributed by atoms with Crippen LogP contribution >= 0.6 is 7.80 Å². The molecule has 0 aliphatic carbocycles. The summed E-state index contributed by atoms with van der Waals surface area (Å²) in [5.74, 6) is 0.763. The molecule has 2 aromatic carbocycles. The van der Waals surface area contributed by atoms with Gasteiger partial charge in [0.15, 0.2) is 0 Å². The minimum Gasteiger partial charge on any atom is -0.488 e. The first-order valence-electron chi connectivity index (χ1n) is 6.34. The van der Waals surface area contributed by atoms with Gasteiger partial charge in [0, 0.05) is 10.6 Å². The van der Waals surface area contributed by atoms with Gasteiger partial charge in [-0.25, -0.2) is 0 Å². The molecule has 3 heteroatoms. The van der Waals surface area contributed by atoms with E-state index in [0.717, 1.165) is 16.4 Å². The summed E-state index contributed by atoms with van der Waals surface area (Å²) in [5.41, 5.74) is -0.249. The van der Waals surface area contributed by atoms with Gasteiger partial charge in [-0.3, -0.25) is 0 Å². The van der Waals surface area contributed by atoms with Crippen LogP contribution in [0.25, 0.3) is 0 Å². The summed E-state index contributed by atoms with van der Waals surface area (Å²) in [6, 6.07) is 17.1. The first-order valence-corrected chi connectivity index (χ1v) is 7.75. The van der Waals surface area contributed by atoms with E-state index in [9.17, 15) is 4.57 Å². The molecular formula is C16H19O2P. The lowest BCUT2D eigenvalue weighted by Crippen LogP contribution is -2.23. The fraction of sp³-hybridized carbons (Fsp3) is 0.250. The monoisotopic (exact) mass is 274 g/mol. The molecule has 2 rings (SSSR count). The van der Waals surface area contributed by atoms with Crippen molar-refractivity contribution in [2.75, 3.05) is 0 Å². The molecular weight excluding hydrogens is 255 g/mol. The summed E-state index contributed by atoms with van der Waals surface area (Å²) >= 11 is 0. The Morgan fingerprint density at radius 1 is 0.895 bits per heavy atom. The fourth-order valence-electron chi connectivity index (χ4n) is 1.81. The normalized spacial score (nSPS) is 13.0. The zero-order valence-corrected chi connectivity index (χ0v) is 12.5. The molecule has 0 bridgehead atoms. The van der Waals surface area contributed by atoms with E-state index in [1.54, 1.807) is 0 Å². The van der Waals surface area contributed by atoms with Gasteiger partial charge in [0.2, 0.25) is 0 Å². The maximum atomic E-state index is 12.5. The van der Waals surface area contributed by atoms with Crippen LogP contribution in [0.1, 0.15) is 20.8 Å². The van der Waals surface area contributed by atoms with Crippen molar-refractivity contribution < 1.29 is 9.30 Å². The van der Waals surface area contributed by atoms with Crippen LogP contribution in [0.15, 0.2) is 54.6 Å². The van der Waals surface area contributed by atoms with Gasteiger partial charge < -0.3 is 9.30 Å². The minimum atomic E-state index is -1.95. The highest BCUT2D eigenvalue weighted by Gasteiger charge is 2.13. The molecule has 0 N–H and O–H groups in total. The van der Waals surface area contributed by atoms with Crippen molar-refractivity contribution in [1.82, 2.24) is 0 Å².